The van der Waals surface area contributed by atoms with E-state index in [0.717, 1.165) is 12.8 Å². The van der Waals surface area contributed by atoms with Crippen LogP contribution in [0.4, 0.5) is 0 Å². The molecule has 0 spiro atoms. The first-order valence-corrected chi connectivity index (χ1v) is 4.40. The molecule has 0 aliphatic heterocycles. The van der Waals surface area contributed by atoms with Crippen LogP contribution >= 0.6 is 0 Å². The van der Waals surface area contributed by atoms with Gasteiger partial charge in [0.1, 0.15) is 6.04 Å². The summed E-state index contributed by atoms with van der Waals surface area (Å²) in [4.78, 5) is 12.4. The van der Waals surface area contributed by atoms with Crippen LogP contribution in [-0.2, 0) is 4.79 Å². The quantitative estimate of drug-likeness (QED) is 0.573. The molecule has 4 heteroatoms. The van der Waals surface area contributed by atoms with Gasteiger partial charge in [-0.05, 0) is 32.0 Å². The van der Waals surface area contributed by atoms with Crippen LogP contribution in [0, 0.1) is 0 Å². The minimum absolute atomic E-state index is 0.468. The average molecular weight is 186 g/mol. The summed E-state index contributed by atoms with van der Waals surface area (Å²) in [5, 5.41) is 8.85. The van der Waals surface area contributed by atoms with E-state index >= 15 is 0 Å². The van der Waals surface area contributed by atoms with Gasteiger partial charge in [-0.2, -0.15) is 0 Å². The minimum Gasteiger partial charge on any atom is -0.480 e. The molecule has 0 aliphatic rings. The van der Waals surface area contributed by atoms with Gasteiger partial charge in [0.2, 0.25) is 0 Å². The SMILES string of the molecule is C=CN(C)C(CCCCN)C(=O)O. The van der Waals surface area contributed by atoms with Crippen molar-refractivity contribution < 1.29 is 9.90 Å². The lowest BCUT2D eigenvalue weighted by Crippen LogP contribution is -2.34. The smallest absolute Gasteiger partial charge is 0.326 e. The van der Waals surface area contributed by atoms with Gasteiger partial charge in [-0.15, -0.1) is 0 Å². The number of carboxylic acid groups (broad SMARTS) is 1. The Morgan fingerprint density at radius 1 is 1.69 bits per heavy atom. The second-order valence-corrected chi connectivity index (χ2v) is 2.99. The van der Waals surface area contributed by atoms with Crippen LogP contribution in [0.25, 0.3) is 0 Å². The predicted octanol–water partition coefficient (Wildman–Crippen LogP) is 0.644. The topological polar surface area (TPSA) is 66.6 Å². The molecule has 0 aliphatic carbocycles. The molecule has 3 N–H and O–H groups in total. The van der Waals surface area contributed by atoms with Gasteiger partial charge in [0.05, 0.1) is 0 Å². The maximum absolute atomic E-state index is 10.8. The van der Waals surface area contributed by atoms with Crippen LogP contribution in [-0.4, -0.2) is 35.6 Å². The number of rotatable bonds is 7. The lowest BCUT2D eigenvalue weighted by Gasteiger charge is -2.22. The molecular formula is C9H18N2O2. The van der Waals surface area contributed by atoms with Crippen molar-refractivity contribution >= 4 is 5.97 Å². The van der Waals surface area contributed by atoms with E-state index in [2.05, 4.69) is 6.58 Å². The Hall–Kier alpha value is -1.03. The van der Waals surface area contributed by atoms with E-state index in [4.69, 9.17) is 10.8 Å². The van der Waals surface area contributed by atoms with Gasteiger partial charge in [0.15, 0.2) is 0 Å². The van der Waals surface area contributed by atoms with Crippen molar-refractivity contribution in [2.24, 2.45) is 5.73 Å². The summed E-state index contributed by atoms with van der Waals surface area (Å²) in [6.07, 6.45) is 3.86. The van der Waals surface area contributed by atoms with Crippen LogP contribution in [0.15, 0.2) is 12.8 Å². The molecule has 0 saturated heterocycles. The van der Waals surface area contributed by atoms with E-state index < -0.39 is 12.0 Å². The molecule has 0 saturated carbocycles. The summed E-state index contributed by atoms with van der Waals surface area (Å²) in [7, 11) is 1.72. The van der Waals surface area contributed by atoms with Gasteiger partial charge in [-0.1, -0.05) is 6.58 Å². The first-order valence-electron chi connectivity index (χ1n) is 4.40. The van der Waals surface area contributed by atoms with E-state index in [1.54, 1.807) is 11.9 Å². The van der Waals surface area contributed by atoms with E-state index in [0.29, 0.717) is 13.0 Å². The van der Waals surface area contributed by atoms with Crippen molar-refractivity contribution in [3.05, 3.63) is 12.8 Å². The molecule has 1 unspecified atom stereocenters. The van der Waals surface area contributed by atoms with E-state index in [1.165, 1.54) is 6.20 Å². The van der Waals surface area contributed by atoms with E-state index in [9.17, 15) is 4.79 Å². The number of nitrogens with zero attached hydrogens (tertiary/aromatic N) is 1. The standard InChI is InChI=1S/C9H18N2O2/c1-3-11(2)8(9(12)13)6-4-5-7-10/h3,8H,1,4-7,10H2,2H3,(H,12,13). The average Bonchev–Trinajstić information content (AvgIpc) is 2.11. The second-order valence-electron chi connectivity index (χ2n) is 2.99. The Kier molecular flexibility index (Phi) is 5.97. The van der Waals surface area contributed by atoms with Crippen molar-refractivity contribution in [3.63, 3.8) is 0 Å². The molecule has 0 amide bonds. The number of nitrogens with two attached hydrogens (primary N) is 1. The number of hydrogen-bond donors (Lipinski definition) is 2. The Morgan fingerprint density at radius 3 is 2.69 bits per heavy atom. The third-order valence-corrected chi connectivity index (χ3v) is 2.00. The predicted molar refractivity (Wildman–Crippen MR) is 52.3 cm³/mol. The highest BCUT2D eigenvalue weighted by Gasteiger charge is 2.18. The summed E-state index contributed by atoms with van der Waals surface area (Å²) in [5.74, 6) is -0.806. The van der Waals surface area contributed by atoms with Crippen LogP contribution < -0.4 is 5.73 Å². The molecule has 0 fully saturated rings. The molecule has 13 heavy (non-hydrogen) atoms. The Bertz CT molecular complexity index is 171. The van der Waals surface area contributed by atoms with Crippen molar-refractivity contribution in [2.45, 2.75) is 25.3 Å². The summed E-state index contributed by atoms with van der Waals surface area (Å²) in [6.45, 7) is 4.15. The van der Waals surface area contributed by atoms with Crippen molar-refractivity contribution in [2.75, 3.05) is 13.6 Å². The zero-order chi connectivity index (χ0) is 10.3. The summed E-state index contributed by atoms with van der Waals surface area (Å²) in [6, 6.07) is -0.468. The van der Waals surface area contributed by atoms with Crippen molar-refractivity contribution in [1.29, 1.82) is 0 Å². The maximum atomic E-state index is 10.8. The fourth-order valence-electron chi connectivity index (χ4n) is 1.11. The van der Waals surface area contributed by atoms with E-state index in [1.807, 2.05) is 0 Å². The molecule has 76 valence electrons. The molecule has 0 aromatic heterocycles. The molecule has 0 aromatic carbocycles. The Morgan fingerprint density at radius 2 is 2.31 bits per heavy atom. The first kappa shape index (κ1) is 12.0. The molecule has 0 bridgehead atoms. The number of unbranched alkanes of at least 4 members (excludes halogenated alkanes) is 1. The first-order chi connectivity index (χ1) is 6.13. The van der Waals surface area contributed by atoms with Gasteiger partial charge in [-0.25, -0.2) is 4.79 Å². The molecular weight excluding hydrogens is 168 g/mol. The highest BCUT2D eigenvalue weighted by atomic mass is 16.4. The largest absolute Gasteiger partial charge is 0.480 e. The highest BCUT2D eigenvalue weighted by molar-refractivity contribution is 5.73. The van der Waals surface area contributed by atoms with Crippen molar-refractivity contribution in [1.82, 2.24) is 4.90 Å². The van der Waals surface area contributed by atoms with Gasteiger partial charge in [0.25, 0.3) is 0 Å². The van der Waals surface area contributed by atoms with Gasteiger partial charge >= 0.3 is 5.97 Å². The maximum Gasteiger partial charge on any atom is 0.326 e. The van der Waals surface area contributed by atoms with Crippen LogP contribution in [0.1, 0.15) is 19.3 Å². The molecule has 0 aromatic rings. The van der Waals surface area contributed by atoms with Crippen molar-refractivity contribution in [3.8, 4) is 0 Å². The van der Waals surface area contributed by atoms with Crippen LogP contribution in [0.5, 0.6) is 0 Å². The molecule has 0 heterocycles. The summed E-state index contributed by atoms with van der Waals surface area (Å²) >= 11 is 0. The third-order valence-electron chi connectivity index (χ3n) is 2.00. The van der Waals surface area contributed by atoms with Gasteiger partial charge < -0.3 is 15.7 Å². The lowest BCUT2D eigenvalue weighted by atomic mass is 10.1. The molecule has 0 radical (unpaired) electrons. The molecule has 4 nitrogen and oxygen atoms in total. The second kappa shape index (κ2) is 6.48. The zero-order valence-corrected chi connectivity index (χ0v) is 8.07. The Labute approximate surface area is 79.0 Å². The fraction of sp³-hybridized carbons (Fsp3) is 0.667. The number of carboxylic acids is 1. The number of hydrogen-bond acceptors (Lipinski definition) is 3. The monoisotopic (exact) mass is 186 g/mol. The third kappa shape index (κ3) is 4.52. The summed E-state index contributed by atoms with van der Waals surface area (Å²) < 4.78 is 0. The number of aliphatic carboxylic acids is 1. The van der Waals surface area contributed by atoms with E-state index in [-0.39, 0.29) is 0 Å². The lowest BCUT2D eigenvalue weighted by molar-refractivity contribution is -0.142. The molecule has 1 atom stereocenters. The van der Waals surface area contributed by atoms with Crippen LogP contribution in [0.2, 0.25) is 0 Å². The Balaban J connectivity index is 3.95. The normalized spacial score (nSPS) is 12.2. The zero-order valence-electron chi connectivity index (χ0n) is 8.07. The van der Waals surface area contributed by atoms with Gasteiger partial charge in [0, 0.05) is 7.05 Å². The molecule has 0 rings (SSSR count). The van der Waals surface area contributed by atoms with Crippen LogP contribution in [0.3, 0.4) is 0 Å². The minimum atomic E-state index is -0.806. The number of likely N-dealkylation sites (N-methyl/N-ethyl adjacent to an activating group) is 1. The van der Waals surface area contributed by atoms with Gasteiger partial charge in [-0.3, -0.25) is 0 Å². The number of carbonyl (C=O) groups is 1. The fourth-order valence-corrected chi connectivity index (χ4v) is 1.11. The summed E-state index contributed by atoms with van der Waals surface area (Å²) in [5.41, 5.74) is 5.32. The highest BCUT2D eigenvalue weighted by Crippen LogP contribution is 2.07.